The maximum atomic E-state index is 6.18. The van der Waals surface area contributed by atoms with Gasteiger partial charge in [0.1, 0.15) is 0 Å². The lowest BCUT2D eigenvalue weighted by Gasteiger charge is -2.11. The number of nitrogens with one attached hydrogen (secondary N) is 1. The Labute approximate surface area is 125 Å². The van der Waals surface area contributed by atoms with Crippen LogP contribution in [-0.4, -0.2) is 20.8 Å². The van der Waals surface area contributed by atoms with Crippen LogP contribution in [0.5, 0.6) is 0 Å². The predicted molar refractivity (Wildman–Crippen MR) is 82.6 cm³/mol. The summed E-state index contributed by atoms with van der Waals surface area (Å²) >= 11 is 6.18. The van der Waals surface area contributed by atoms with Crippen LogP contribution in [0.4, 0.5) is 0 Å². The number of halogens is 1. The highest BCUT2D eigenvalue weighted by molar-refractivity contribution is 6.31. The van der Waals surface area contributed by atoms with Crippen LogP contribution in [0, 0.1) is 20.8 Å². The summed E-state index contributed by atoms with van der Waals surface area (Å²) in [5.41, 5.74) is 3.97. The zero-order valence-electron chi connectivity index (χ0n) is 12.7. The molecule has 0 atom stereocenters. The molecular formula is C15H21ClN4. The molecule has 2 aromatic rings. The molecule has 2 aromatic heterocycles. The predicted octanol–water partition coefficient (Wildman–Crippen LogP) is 3.34. The standard InChI is InChI=1S/C15H21ClN4/c1-9(2)17-8-13-6-7-14(18-10(13)3)20-12(5)15(16)11(4)19-20/h6-7,9,17H,8H2,1-5H3. The van der Waals surface area contributed by atoms with Crippen LogP contribution in [0.2, 0.25) is 5.02 Å². The van der Waals surface area contributed by atoms with E-state index in [0.717, 1.165) is 29.4 Å². The van der Waals surface area contributed by atoms with Gasteiger partial charge in [0.15, 0.2) is 5.82 Å². The van der Waals surface area contributed by atoms with E-state index in [-0.39, 0.29) is 0 Å². The molecule has 0 aliphatic heterocycles. The topological polar surface area (TPSA) is 42.7 Å². The van der Waals surface area contributed by atoms with Crippen molar-refractivity contribution in [1.82, 2.24) is 20.1 Å². The number of pyridine rings is 1. The van der Waals surface area contributed by atoms with E-state index in [9.17, 15) is 0 Å². The molecule has 0 aliphatic carbocycles. The molecule has 0 spiro atoms. The van der Waals surface area contributed by atoms with Crippen molar-refractivity contribution >= 4 is 11.6 Å². The molecule has 5 heteroatoms. The third kappa shape index (κ3) is 3.02. The minimum absolute atomic E-state index is 0.462. The highest BCUT2D eigenvalue weighted by Crippen LogP contribution is 2.22. The normalized spacial score (nSPS) is 11.3. The van der Waals surface area contributed by atoms with Crippen molar-refractivity contribution in [2.24, 2.45) is 0 Å². The maximum absolute atomic E-state index is 6.18. The number of rotatable bonds is 4. The Kier molecular flexibility index (Phi) is 4.45. The summed E-state index contributed by atoms with van der Waals surface area (Å²) in [7, 11) is 0. The van der Waals surface area contributed by atoms with Gasteiger partial charge >= 0.3 is 0 Å². The van der Waals surface area contributed by atoms with Gasteiger partial charge in [-0.05, 0) is 32.4 Å². The smallest absolute Gasteiger partial charge is 0.153 e. The average molecular weight is 293 g/mol. The minimum Gasteiger partial charge on any atom is -0.310 e. The van der Waals surface area contributed by atoms with Gasteiger partial charge in [-0.25, -0.2) is 9.67 Å². The molecule has 0 amide bonds. The molecule has 0 bridgehead atoms. The maximum Gasteiger partial charge on any atom is 0.153 e. The first kappa shape index (κ1) is 15.0. The molecule has 2 heterocycles. The summed E-state index contributed by atoms with van der Waals surface area (Å²) in [6.07, 6.45) is 0. The van der Waals surface area contributed by atoms with Gasteiger partial charge in [-0.15, -0.1) is 0 Å². The van der Waals surface area contributed by atoms with E-state index >= 15 is 0 Å². The van der Waals surface area contributed by atoms with Gasteiger partial charge in [0.05, 0.1) is 16.4 Å². The fraction of sp³-hybridized carbons (Fsp3) is 0.467. The third-order valence-corrected chi connectivity index (χ3v) is 3.85. The van der Waals surface area contributed by atoms with E-state index in [0.29, 0.717) is 11.1 Å². The van der Waals surface area contributed by atoms with Crippen LogP contribution in [0.3, 0.4) is 0 Å². The molecule has 20 heavy (non-hydrogen) atoms. The Morgan fingerprint density at radius 3 is 2.40 bits per heavy atom. The fourth-order valence-corrected chi connectivity index (χ4v) is 2.16. The van der Waals surface area contributed by atoms with Crippen LogP contribution >= 0.6 is 11.6 Å². The highest BCUT2D eigenvalue weighted by atomic mass is 35.5. The second kappa shape index (κ2) is 5.94. The monoisotopic (exact) mass is 292 g/mol. The molecule has 0 fully saturated rings. The Hall–Kier alpha value is -1.39. The first-order chi connectivity index (χ1) is 9.40. The Morgan fingerprint density at radius 1 is 1.20 bits per heavy atom. The first-order valence-corrected chi connectivity index (χ1v) is 7.20. The van der Waals surface area contributed by atoms with Gasteiger partial charge in [0.25, 0.3) is 0 Å². The summed E-state index contributed by atoms with van der Waals surface area (Å²) in [4.78, 5) is 4.64. The van der Waals surface area contributed by atoms with Crippen molar-refractivity contribution in [2.75, 3.05) is 0 Å². The molecule has 0 aliphatic rings. The lowest BCUT2D eigenvalue weighted by atomic mass is 10.2. The second-order valence-corrected chi connectivity index (χ2v) is 5.72. The number of hydrogen-bond acceptors (Lipinski definition) is 3. The van der Waals surface area contributed by atoms with Crippen molar-refractivity contribution in [3.8, 4) is 5.82 Å². The van der Waals surface area contributed by atoms with Crippen LogP contribution in [0.15, 0.2) is 12.1 Å². The Morgan fingerprint density at radius 2 is 1.90 bits per heavy atom. The molecule has 0 radical (unpaired) electrons. The van der Waals surface area contributed by atoms with Crippen LogP contribution < -0.4 is 5.32 Å². The van der Waals surface area contributed by atoms with E-state index < -0.39 is 0 Å². The van der Waals surface area contributed by atoms with E-state index in [4.69, 9.17) is 11.6 Å². The van der Waals surface area contributed by atoms with Crippen LogP contribution in [0.1, 0.15) is 36.5 Å². The lowest BCUT2D eigenvalue weighted by molar-refractivity contribution is 0.586. The zero-order valence-corrected chi connectivity index (χ0v) is 13.4. The van der Waals surface area contributed by atoms with Crippen molar-refractivity contribution in [2.45, 2.75) is 47.2 Å². The largest absolute Gasteiger partial charge is 0.310 e. The first-order valence-electron chi connectivity index (χ1n) is 6.82. The van der Waals surface area contributed by atoms with Gasteiger partial charge in [0, 0.05) is 18.3 Å². The summed E-state index contributed by atoms with van der Waals surface area (Å²) in [5.74, 6) is 0.809. The molecular weight excluding hydrogens is 272 g/mol. The molecule has 0 saturated carbocycles. The third-order valence-electron chi connectivity index (χ3n) is 3.30. The number of aryl methyl sites for hydroxylation is 2. The molecule has 0 saturated heterocycles. The average Bonchev–Trinajstić information content (AvgIpc) is 2.65. The molecule has 2 rings (SSSR count). The number of hydrogen-bond donors (Lipinski definition) is 1. The fourth-order valence-electron chi connectivity index (χ4n) is 2.04. The van der Waals surface area contributed by atoms with Crippen LogP contribution in [0.25, 0.3) is 5.82 Å². The van der Waals surface area contributed by atoms with E-state index in [1.807, 2.05) is 26.8 Å². The van der Waals surface area contributed by atoms with Crippen molar-refractivity contribution in [3.05, 3.63) is 39.8 Å². The molecule has 0 unspecified atom stereocenters. The SMILES string of the molecule is Cc1nc(-n2nc(C)c(Cl)c2C)ccc1CNC(C)C. The van der Waals surface area contributed by atoms with Crippen molar-refractivity contribution in [1.29, 1.82) is 0 Å². The van der Waals surface area contributed by atoms with Gasteiger partial charge in [0.2, 0.25) is 0 Å². The van der Waals surface area contributed by atoms with Gasteiger partial charge in [-0.3, -0.25) is 0 Å². The van der Waals surface area contributed by atoms with E-state index in [1.165, 1.54) is 5.56 Å². The lowest BCUT2D eigenvalue weighted by Crippen LogP contribution is -2.22. The Bertz CT molecular complexity index is 617. The number of aromatic nitrogens is 3. The highest BCUT2D eigenvalue weighted by Gasteiger charge is 2.12. The molecule has 1 N–H and O–H groups in total. The summed E-state index contributed by atoms with van der Waals surface area (Å²) in [5, 5.41) is 8.54. The molecule has 4 nitrogen and oxygen atoms in total. The van der Waals surface area contributed by atoms with Crippen LogP contribution in [-0.2, 0) is 6.54 Å². The summed E-state index contributed by atoms with van der Waals surface area (Å²) in [6, 6.07) is 4.54. The van der Waals surface area contributed by atoms with Gasteiger partial charge in [-0.2, -0.15) is 5.10 Å². The quantitative estimate of drug-likeness (QED) is 0.940. The van der Waals surface area contributed by atoms with Gasteiger partial charge < -0.3 is 5.32 Å². The Balaban J connectivity index is 2.31. The van der Waals surface area contributed by atoms with Gasteiger partial charge in [-0.1, -0.05) is 31.5 Å². The minimum atomic E-state index is 0.462. The van der Waals surface area contributed by atoms with Crippen molar-refractivity contribution < 1.29 is 0 Å². The molecule has 0 aromatic carbocycles. The second-order valence-electron chi connectivity index (χ2n) is 5.35. The zero-order chi connectivity index (χ0) is 14.9. The van der Waals surface area contributed by atoms with E-state index in [2.05, 4.69) is 35.3 Å². The summed E-state index contributed by atoms with van der Waals surface area (Å²) < 4.78 is 1.80. The number of nitrogens with zero attached hydrogens (tertiary/aromatic N) is 3. The van der Waals surface area contributed by atoms with E-state index in [1.54, 1.807) is 4.68 Å². The van der Waals surface area contributed by atoms with Crippen molar-refractivity contribution in [3.63, 3.8) is 0 Å². The molecule has 108 valence electrons. The summed E-state index contributed by atoms with van der Waals surface area (Å²) in [6.45, 7) is 11.0.